The van der Waals surface area contributed by atoms with Crippen molar-refractivity contribution in [1.82, 2.24) is 9.55 Å². The fraction of sp³-hybridized carbons (Fsp3) is 0.0870. The SMILES string of the molecule is ICc1cn(C(c2ccccc2)(c2ccccc2)c2ccccc2)cn1. The third-order valence-corrected chi connectivity index (χ3v) is 5.52. The number of hydrogen-bond donors (Lipinski definition) is 0. The van der Waals surface area contributed by atoms with Gasteiger partial charge in [-0.25, -0.2) is 4.98 Å². The molecule has 0 atom stereocenters. The van der Waals surface area contributed by atoms with Crippen molar-refractivity contribution in [3.63, 3.8) is 0 Å². The number of halogens is 1. The van der Waals surface area contributed by atoms with Gasteiger partial charge in [0, 0.05) is 10.6 Å². The van der Waals surface area contributed by atoms with Crippen molar-refractivity contribution in [3.05, 3.63) is 126 Å². The summed E-state index contributed by atoms with van der Waals surface area (Å²) in [6.07, 6.45) is 4.13. The zero-order chi connectivity index (χ0) is 17.8. The topological polar surface area (TPSA) is 17.8 Å². The minimum atomic E-state index is -0.458. The van der Waals surface area contributed by atoms with Crippen LogP contribution in [0.3, 0.4) is 0 Å². The molecule has 0 saturated carbocycles. The summed E-state index contributed by atoms with van der Waals surface area (Å²) in [5, 5.41) is 0. The zero-order valence-corrected chi connectivity index (χ0v) is 16.5. The first-order chi connectivity index (χ1) is 12.9. The largest absolute Gasteiger partial charge is 0.319 e. The Labute approximate surface area is 167 Å². The summed E-state index contributed by atoms with van der Waals surface area (Å²) >= 11 is 2.36. The maximum absolute atomic E-state index is 4.63. The Kier molecular flexibility index (Phi) is 4.89. The molecule has 1 aromatic heterocycles. The third kappa shape index (κ3) is 2.86. The van der Waals surface area contributed by atoms with Crippen LogP contribution in [0.25, 0.3) is 0 Å². The molecular weight excluding hydrogens is 431 g/mol. The molecule has 1 heterocycles. The van der Waals surface area contributed by atoms with Crippen LogP contribution in [0, 0.1) is 0 Å². The average Bonchev–Trinajstić information content (AvgIpc) is 3.21. The molecule has 0 bridgehead atoms. The Morgan fingerprint density at radius 1 is 0.692 bits per heavy atom. The van der Waals surface area contributed by atoms with Gasteiger partial charge >= 0.3 is 0 Å². The normalized spacial score (nSPS) is 11.4. The number of aromatic nitrogens is 2. The van der Waals surface area contributed by atoms with E-state index in [1.807, 2.05) is 6.33 Å². The highest BCUT2D eigenvalue weighted by molar-refractivity contribution is 14.1. The van der Waals surface area contributed by atoms with E-state index >= 15 is 0 Å². The first kappa shape index (κ1) is 17.0. The first-order valence-corrected chi connectivity index (χ1v) is 10.1. The van der Waals surface area contributed by atoms with Crippen molar-refractivity contribution >= 4 is 22.6 Å². The van der Waals surface area contributed by atoms with E-state index in [9.17, 15) is 0 Å². The summed E-state index contributed by atoms with van der Waals surface area (Å²) in [5.41, 5.74) is 4.28. The Morgan fingerprint density at radius 3 is 1.46 bits per heavy atom. The third-order valence-electron chi connectivity index (χ3n) is 4.73. The van der Waals surface area contributed by atoms with Crippen LogP contribution >= 0.6 is 22.6 Å². The van der Waals surface area contributed by atoms with Crippen molar-refractivity contribution in [1.29, 1.82) is 0 Å². The van der Waals surface area contributed by atoms with E-state index in [0.29, 0.717) is 0 Å². The Bertz CT molecular complexity index is 866. The van der Waals surface area contributed by atoms with Gasteiger partial charge < -0.3 is 4.57 Å². The van der Waals surface area contributed by atoms with E-state index in [4.69, 9.17) is 0 Å². The van der Waals surface area contributed by atoms with Gasteiger partial charge in [0.05, 0.1) is 12.0 Å². The van der Waals surface area contributed by atoms with Gasteiger partial charge in [-0.1, -0.05) is 114 Å². The number of benzene rings is 3. The van der Waals surface area contributed by atoms with Crippen LogP contribution in [0.2, 0.25) is 0 Å². The highest BCUT2D eigenvalue weighted by Gasteiger charge is 2.38. The summed E-state index contributed by atoms with van der Waals surface area (Å²) in [6, 6.07) is 32.0. The van der Waals surface area contributed by atoms with Gasteiger partial charge in [0.15, 0.2) is 0 Å². The second-order valence-corrected chi connectivity index (χ2v) is 6.98. The second-order valence-electron chi connectivity index (χ2n) is 6.21. The zero-order valence-electron chi connectivity index (χ0n) is 14.3. The molecule has 0 spiro atoms. The Hall–Kier alpha value is -2.40. The molecule has 0 aliphatic heterocycles. The van der Waals surface area contributed by atoms with Gasteiger partial charge in [-0.05, 0) is 16.7 Å². The van der Waals surface area contributed by atoms with E-state index < -0.39 is 5.54 Å². The van der Waals surface area contributed by atoms with Gasteiger partial charge in [-0.3, -0.25) is 0 Å². The summed E-state index contributed by atoms with van der Waals surface area (Å²) in [6.45, 7) is 0. The number of nitrogens with zero attached hydrogens (tertiary/aromatic N) is 2. The molecule has 0 unspecified atom stereocenters. The molecule has 4 rings (SSSR count). The van der Waals surface area contributed by atoms with E-state index in [1.54, 1.807) is 0 Å². The monoisotopic (exact) mass is 450 g/mol. The highest BCUT2D eigenvalue weighted by Crippen LogP contribution is 2.40. The average molecular weight is 450 g/mol. The lowest BCUT2D eigenvalue weighted by Crippen LogP contribution is -2.36. The Balaban J connectivity index is 2.10. The van der Waals surface area contributed by atoms with E-state index in [-0.39, 0.29) is 0 Å². The molecule has 128 valence electrons. The second kappa shape index (κ2) is 7.46. The molecular formula is C23H19IN2. The lowest BCUT2D eigenvalue weighted by Gasteiger charge is -2.37. The standard InChI is InChI=1S/C23H19IN2/c24-16-22-17-26(18-25-22)23(19-10-4-1-5-11-19,20-12-6-2-7-13-20)21-14-8-3-9-15-21/h1-15,17-18H,16H2. The van der Waals surface area contributed by atoms with Crippen LogP contribution in [-0.4, -0.2) is 9.55 Å². The summed E-state index contributed by atoms with van der Waals surface area (Å²) in [7, 11) is 0. The minimum Gasteiger partial charge on any atom is -0.319 e. The number of rotatable bonds is 5. The maximum Gasteiger partial charge on any atom is 0.121 e. The van der Waals surface area contributed by atoms with Crippen molar-refractivity contribution in [3.8, 4) is 0 Å². The van der Waals surface area contributed by atoms with Crippen LogP contribution < -0.4 is 0 Å². The maximum atomic E-state index is 4.63. The predicted molar refractivity (Wildman–Crippen MR) is 115 cm³/mol. The Morgan fingerprint density at radius 2 is 1.12 bits per heavy atom. The van der Waals surface area contributed by atoms with Crippen molar-refractivity contribution in [2.45, 2.75) is 9.97 Å². The highest BCUT2D eigenvalue weighted by atomic mass is 127. The number of alkyl halides is 1. The van der Waals surface area contributed by atoms with E-state index in [1.165, 1.54) is 16.7 Å². The molecule has 0 saturated heterocycles. The molecule has 0 N–H and O–H groups in total. The summed E-state index contributed by atoms with van der Waals surface area (Å²) in [4.78, 5) is 4.63. The van der Waals surface area contributed by atoms with Gasteiger partial charge in [-0.2, -0.15) is 0 Å². The molecule has 0 fully saturated rings. The first-order valence-electron chi connectivity index (χ1n) is 8.61. The van der Waals surface area contributed by atoms with E-state index in [0.717, 1.165) is 10.1 Å². The molecule has 3 aromatic carbocycles. The van der Waals surface area contributed by atoms with Crippen molar-refractivity contribution in [2.75, 3.05) is 0 Å². The van der Waals surface area contributed by atoms with Crippen LogP contribution in [0.5, 0.6) is 0 Å². The number of imidazole rings is 1. The van der Waals surface area contributed by atoms with Crippen LogP contribution in [0.1, 0.15) is 22.4 Å². The van der Waals surface area contributed by atoms with Gasteiger partial charge in [0.2, 0.25) is 0 Å². The minimum absolute atomic E-state index is 0.458. The molecule has 0 aliphatic rings. The van der Waals surface area contributed by atoms with Gasteiger partial charge in [-0.15, -0.1) is 0 Å². The van der Waals surface area contributed by atoms with Crippen molar-refractivity contribution < 1.29 is 0 Å². The van der Waals surface area contributed by atoms with Gasteiger partial charge in [0.1, 0.15) is 5.54 Å². The molecule has 26 heavy (non-hydrogen) atoms. The summed E-state index contributed by atoms with van der Waals surface area (Å²) in [5.74, 6) is 0. The molecule has 3 heteroatoms. The van der Waals surface area contributed by atoms with E-state index in [2.05, 4.69) is 129 Å². The van der Waals surface area contributed by atoms with Crippen molar-refractivity contribution in [2.24, 2.45) is 0 Å². The van der Waals surface area contributed by atoms with Gasteiger partial charge in [0.25, 0.3) is 0 Å². The lowest BCUT2D eigenvalue weighted by atomic mass is 9.77. The number of hydrogen-bond acceptors (Lipinski definition) is 1. The molecule has 0 radical (unpaired) electrons. The smallest absolute Gasteiger partial charge is 0.121 e. The fourth-order valence-electron chi connectivity index (χ4n) is 3.60. The fourth-order valence-corrected chi connectivity index (χ4v) is 4.00. The predicted octanol–water partition coefficient (Wildman–Crippen LogP) is 5.66. The quantitative estimate of drug-likeness (QED) is 0.218. The summed E-state index contributed by atoms with van der Waals surface area (Å²) < 4.78 is 3.14. The van der Waals surface area contributed by atoms with Crippen LogP contribution in [0.15, 0.2) is 104 Å². The van der Waals surface area contributed by atoms with Crippen LogP contribution in [-0.2, 0) is 9.97 Å². The molecule has 4 aromatic rings. The molecule has 0 aliphatic carbocycles. The molecule has 0 amide bonds. The van der Waals surface area contributed by atoms with Crippen LogP contribution in [0.4, 0.5) is 0 Å². The molecule has 2 nitrogen and oxygen atoms in total. The lowest BCUT2D eigenvalue weighted by molar-refractivity contribution is 0.514.